The van der Waals surface area contributed by atoms with Gasteiger partial charge in [0.2, 0.25) is 0 Å². The molecule has 0 saturated carbocycles. The summed E-state index contributed by atoms with van der Waals surface area (Å²) in [6, 6.07) is 20.0. The smallest absolute Gasteiger partial charge is 0.265 e. The molecule has 0 aromatic heterocycles. The van der Waals surface area contributed by atoms with Crippen LogP contribution in [0, 0.1) is 5.82 Å². The minimum Gasteiger partial charge on any atom is -0.481 e. The molecule has 0 spiro atoms. The Morgan fingerprint density at radius 1 is 0.909 bits per heavy atom. The molecule has 0 aliphatic heterocycles. The van der Waals surface area contributed by atoms with E-state index in [-0.39, 0.29) is 23.0 Å². The van der Waals surface area contributed by atoms with Crippen LogP contribution >= 0.6 is 0 Å². The summed E-state index contributed by atoms with van der Waals surface area (Å²) in [6.45, 7) is 8.19. The molecule has 0 aliphatic carbocycles. The van der Waals surface area contributed by atoms with Gasteiger partial charge in [-0.3, -0.25) is 9.59 Å². The molecule has 3 aromatic carbocycles. The lowest BCUT2D eigenvalue weighted by Crippen LogP contribution is -2.32. The van der Waals surface area contributed by atoms with Crippen LogP contribution in [-0.2, 0) is 10.2 Å². The van der Waals surface area contributed by atoms with Crippen molar-refractivity contribution in [2.45, 2.75) is 45.6 Å². The number of ether oxygens (including phenoxy) is 1. The molecule has 0 heterocycles. The maximum Gasteiger partial charge on any atom is 0.265 e. The Morgan fingerprint density at radius 3 is 2.09 bits per heavy atom. The van der Waals surface area contributed by atoms with E-state index in [1.54, 1.807) is 36.4 Å². The summed E-state index contributed by atoms with van der Waals surface area (Å²) in [5, 5.41) is 5.67. The van der Waals surface area contributed by atoms with E-state index in [9.17, 15) is 14.0 Å². The Kier molecular flexibility index (Phi) is 7.48. The molecule has 2 amide bonds. The van der Waals surface area contributed by atoms with E-state index in [4.69, 9.17) is 4.74 Å². The number of amides is 2. The number of benzene rings is 3. The zero-order chi connectivity index (χ0) is 24.0. The highest BCUT2D eigenvalue weighted by atomic mass is 19.1. The third kappa shape index (κ3) is 6.65. The first kappa shape index (κ1) is 24.0. The lowest BCUT2D eigenvalue weighted by atomic mass is 9.87. The summed E-state index contributed by atoms with van der Waals surface area (Å²) in [5.41, 5.74) is 2.80. The van der Waals surface area contributed by atoms with Crippen LogP contribution in [-0.4, -0.2) is 17.9 Å². The van der Waals surface area contributed by atoms with E-state index >= 15 is 0 Å². The highest BCUT2D eigenvalue weighted by Crippen LogP contribution is 2.23. The molecule has 0 saturated heterocycles. The first-order chi connectivity index (χ1) is 15.7. The second-order valence-electron chi connectivity index (χ2n) is 8.82. The summed E-state index contributed by atoms with van der Waals surface area (Å²) in [5.74, 6) is -0.520. The first-order valence-electron chi connectivity index (χ1n) is 10.9. The first-order valence-corrected chi connectivity index (χ1v) is 10.9. The maximum atomic E-state index is 13.1. The molecule has 0 fully saturated rings. The third-order valence-corrected chi connectivity index (χ3v) is 5.16. The zero-order valence-electron chi connectivity index (χ0n) is 19.3. The van der Waals surface area contributed by atoms with Crippen molar-refractivity contribution in [1.82, 2.24) is 0 Å². The van der Waals surface area contributed by atoms with Crippen LogP contribution < -0.4 is 15.4 Å². The van der Waals surface area contributed by atoms with E-state index in [0.29, 0.717) is 29.1 Å². The predicted molar refractivity (Wildman–Crippen MR) is 129 cm³/mol. The normalized spacial score (nSPS) is 12.0. The Labute approximate surface area is 194 Å². The van der Waals surface area contributed by atoms with Crippen LogP contribution in [0.4, 0.5) is 15.8 Å². The molecule has 6 heteroatoms. The second-order valence-corrected chi connectivity index (χ2v) is 8.82. The van der Waals surface area contributed by atoms with Gasteiger partial charge in [0.05, 0.1) is 0 Å². The number of hydrogen-bond acceptors (Lipinski definition) is 3. The summed E-state index contributed by atoms with van der Waals surface area (Å²) in [7, 11) is 0. The van der Waals surface area contributed by atoms with Crippen molar-refractivity contribution in [2.24, 2.45) is 0 Å². The number of halogens is 1. The van der Waals surface area contributed by atoms with Crippen LogP contribution in [0.5, 0.6) is 5.75 Å². The third-order valence-electron chi connectivity index (χ3n) is 5.16. The van der Waals surface area contributed by atoms with E-state index in [1.807, 2.05) is 19.1 Å². The number of nitrogens with one attached hydrogen (secondary N) is 2. The SMILES string of the molecule is CC[C@@H](Oc1ccc(F)cc1)C(=O)Nc1cccc(NC(=O)c2ccc(C(C)(C)C)cc2)c1. The molecule has 0 aliphatic rings. The lowest BCUT2D eigenvalue weighted by molar-refractivity contribution is -0.122. The molecule has 0 radical (unpaired) electrons. The van der Waals surface area contributed by atoms with Gasteiger partial charge in [0.25, 0.3) is 11.8 Å². The Bertz CT molecular complexity index is 1100. The van der Waals surface area contributed by atoms with Crippen molar-refractivity contribution < 1.29 is 18.7 Å². The molecule has 3 aromatic rings. The molecule has 0 bridgehead atoms. The van der Waals surface area contributed by atoms with Gasteiger partial charge in [-0.25, -0.2) is 4.39 Å². The Morgan fingerprint density at radius 2 is 1.52 bits per heavy atom. The van der Waals surface area contributed by atoms with Crippen LogP contribution in [0.25, 0.3) is 0 Å². The minimum absolute atomic E-state index is 0.0122. The molecular weight excluding hydrogens is 419 g/mol. The van der Waals surface area contributed by atoms with Crippen LogP contribution in [0.1, 0.15) is 50.0 Å². The van der Waals surface area contributed by atoms with Gasteiger partial charge >= 0.3 is 0 Å². The second kappa shape index (κ2) is 10.3. The monoisotopic (exact) mass is 448 g/mol. The molecule has 5 nitrogen and oxygen atoms in total. The quantitative estimate of drug-likeness (QED) is 0.454. The highest BCUT2D eigenvalue weighted by Gasteiger charge is 2.19. The Balaban J connectivity index is 1.64. The van der Waals surface area contributed by atoms with E-state index in [2.05, 4.69) is 31.4 Å². The summed E-state index contributed by atoms with van der Waals surface area (Å²) >= 11 is 0. The van der Waals surface area contributed by atoms with E-state index in [0.717, 1.165) is 5.56 Å². The van der Waals surface area contributed by atoms with Crippen LogP contribution in [0.15, 0.2) is 72.8 Å². The average Bonchev–Trinajstić information content (AvgIpc) is 2.78. The average molecular weight is 449 g/mol. The van der Waals surface area contributed by atoms with Gasteiger partial charge in [-0.2, -0.15) is 0 Å². The van der Waals surface area contributed by atoms with Gasteiger partial charge in [0.1, 0.15) is 11.6 Å². The Hall–Kier alpha value is -3.67. The van der Waals surface area contributed by atoms with Gasteiger partial charge in [-0.15, -0.1) is 0 Å². The summed E-state index contributed by atoms with van der Waals surface area (Å²) in [4.78, 5) is 25.3. The van der Waals surface area contributed by atoms with Crippen LogP contribution in [0.2, 0.25) is 0 Å². The number of carbonyl (C=O) groups excluding carboxylic acids is 2. The molecular formula is C27H29FN2O3. The summed E-state index contributed by atoms with van der Waals surface area (Å²) in [6.07, 6.45) is -0.306. The lowest BCUT2D eigenvalue weighted by Gasteiger charge is -2.19. The van der Waals surface area contributed by atoms with Crippen LogP contribution in [0.3, 0.4) is 0 Å². The van der Waals surface area contributed by atoms with Gasteiger partial charge in [0.15, 0.2) is 6.10 Å². The number of carbonyl (C=O) groups is 2. The van der Waals surface area contributed by atoms with Gasteiger partial charge in [-0.05, 0) is 72.0 Å². The van der Waals surface area contributed by atoms with Crippen molar-refractivity contribution >= 4 is 23.2 Å². The van der Waals surface area contributed by atoms with Crippen molar-refractivity contribution in [3.8, 4) is 5.75 Å². The fourth-order valence-electron chi connectivity index (χ4n) is 3.22. The standard InChI is InChI=1S/C27H29FN2O3/c1-5-24(33-23-15-13-20(28)14-16-23)26(32)30-22-8-6-7-21(17-22)29-25(31)18-9-11-19(12-10-18)27(2,3)4/h6-17,24H,5H2,1-4H3,(H,29,31)(H,30,32)/t24-/m1/s1. The van der Waals surface area contributed by atoms with Crippen molar-refractivity contribution in [3.05, 3.63) is 89.7 Å². The predicted octanol–water partition coefficient (Wildman–Crippen LogP) is 6.17. The fourth-order valence-corrected chi connectivity index (χ4v) is 3.22. The van der Waals surface area contributed by atoms with Gasteiger partial charge in [-0.1, -0.05) is 45.9 Å². The topological polar surface area (TPSA) is 67.4 Å². The van der Waals surface area contributed by atoms with Gasteiger partial charge < -0.3 is 15.4 Å². The number of anilines is 2. The molecule has 1 atom stereocenters. The van der Waals surface area contributed by atoms with Crippen molar-refractivity contribution in [3.63, 3.8) is 0 Å². The van der Waals surface area contributed by atoms with E-state index < -0.39 is 6.10 Å². The molecule has 2 N–H and O–H groups in total. The maximum absolute atomic E-state index is 13.1. The summed E-state index contributed by atoms with van der Waals surface area (Å²) < 4.78 is 18.8. The molecule has 33 heavy (non-hydrogen) atoms. The largest absolute Gasteiger partial charge is 0.481 e. The molecule has 0 unspecified atom stereocenters. The number of rotatable bonds is 7. The van der Waals surface area contributed by atoms with E-state index in [1.165, 1.54) is 24.3 Å². The highest BCUT2D eigenvalue weighted by molar-refractivity contribution is 6.04. The molecule has 3 rings (SSSR count). The molecule has 172 valence electrons. The van der Waals surface area contributed by atoms with Gasteiger partial charge in [0, 0.05) is 16.9 Å². The fraction of sp³-hybridized carbons (Fsp3) is 0.259. The minimum atomic E-state index is -0.741. The van der Waals surface area contributed by atoms with Crippen molar-refractivity contribution in [2.75, 3.05) is 10.6 Å². The van der Waals surface area contributed by atoms with Crippen molar-refractivity contribution in [1.29, 1.82) is 0 Å². The number of hydrogen-bond donors (Lipinski definition) is 2. The zero-order valence-corrected chi connectivity index (χ0v) is 19.3.